The minimum Gasteiger partial charge on any atom is -0.380 e. The van der Waals surface area contributed by atoms with Gasteiger partial charge >= 0.3 is 0 Å². The summed E-state index contributed by atoms with van der Waals surface area (Å²) >= 11 is 3.28. The van der Waals surface area contributed by atoms with Crippen LogP contribution in [0.1, 0.15) is 18.4 Å². The van der Waals surface area contributed by atoms with E-state index in [1.807, 2.05) is 6.07 Å². The minimum absolute atomic E-state index is 0.101. The van der Waals surface area contributed by atoms with E-state index in [4.69, 9.17) is 4.74 Å². The fraction of sp³-hybridized carbons (Fsp3) is 0.538. The van der Waals surface area contributed by atoms with Crippen molar-refractivity contribution in [1.82, 2.24) is 5.32 Å². The average molecular weight is 329 g/mol. The third-order valence-electron chi connectivity index (χ3n) is 3.04. The summed E-state index contributed by atoms with van der Waals surface area (Å²) in [6.07, 6.45) is 2.60. The van der Waals surface area contributed by atoms with Gasteiger partial charge in [0.1, 0.15) is 0 Å². The van der Waals surface area contributed by atoms with Crippen LogP contribution in [0.2, 0.25) is 0 Å². The van der Waals surface area contributed by atoms with E-state index in [1.54, 1.807) is 6.07 Å². The first-order valence-corrected chi connectivity index (χ1v) is 7.18. The highest BCUT2D eigenvalue weighted by Gasteiger charge is 2.20. The molecule has 1 aromatic carbocycles. The molecule has 6 heteroatoms. The topological polar surface area (TPSA) is 64.4 Å². The predicted molar refractivity (Wildman–Crippen MR) is 76.0 cm³/mol. The summed E-state index contributed by atoms with van der Waals surface area (Å²) in [5, 5.41) is 14.0. The van der Waals surface area contributed by atoms with Gasteiger partial charge in [0, 0.05) is 25.8 Å². The molecule has 104 valence electrons. The van der Waals surface area contributed by atoms with Crippen molar-refractivity contribution in [3.05, 3.63) is 38.3 Å². The summed E-state index contributed by atoms with van der Waals surface area (Å²) in [4.78, 5) is 10.4. The molecule has 5 nitrogen and oxygen atoms in total. The first-order chi connectivity index (χ1) is 9.18. The number of halogens is 1. The molecule has 2 rings (SSSR count). The van der Waals surface area contributed by atoms with E-state index < -0.39 is 0 Å². The van der Waals surface area contributed by atoms with E-state index in [1.165, 1.54) is 18.9 Å². The zero-order chi connectivity index (χ0) is 13.7. The first-order valence-electron chi connectivity index (χ1n) is 6.38. The van der Waals surface area contributed by atoms with Crippen LogP contribution in [0.15, 0.2) is 22.7 Å². The molecular weight excluding hydrogens is 312 g/mol. The second-order valence-corrected chi connectivity index (χ2v) is 5.50. The maximum Gasteiger partial charge on any atom is 0.283 e. The number of ether oxygens (including phenoxy) is 1. The molecule has 19 heavy (non-hydrogen) atoms. The Morgan fingerprint density at radius 2 is 2.26 bits per heavy atom. The smallest absolute Gasteiger partial charge is 0.283 e. The van der Waals surface area contributed by atoms with E-state index in [-0.39, 0.29) is 10.6 Å². The third kappa shape index (κ3) is 4.56. The van der Waals surface area contributed by atoms with Crippen LogP contribution in [-0.2, 0) is 11.3 Å². The lowest BCUT2D eigenvalue weighted by molar-refractivity contribution is -0.385. The zero-order valence-corrected chi connectivity index (χ0v) is 12.2. The minimum atomic E-state index is -0.383. The summed E-state index contributed by atoms with van der Waals surface area (Å²) < 4.78 is 6.05. The highest BCUT2D eigenvalue weighted by atomic mass is 79.9. The molecule has 0 unspecified atom stereocenters. The van der Waals surface area contributed by atoms with Crippen molar-refractivity contribution in [2.75, 3.05) is 19.8 Å². The zero-order valence-electron chi connectivity index (χ0n) is 10.6. The Bertz CT molecular complexity index is 450. The molecule has 0 aromatic heterocycles. The SMILES string of the molecule is O=[N+]([O-])c1cccc(CNCCOCC2CC2)c1Br. The Morgan fingerprint density at radius 3 is 2.95 bits per heavy atom. The Balaban J connectivity index is 1.72. The van der Waals surface area contributed by atoms with Crippen molar-refractivity contribution in [2.45, 2.75) is 19.4 Å². The monoisotopic (exact) mass is 328 g/mol. The Morgan fingerprint density at radius 1 is 1.47 bits per heavy atom. The Labute approximate surface area is 120 Å². The van der Waals surface area contributed by atoms with E-state index in [0.717, 1.165) is 24.6 Å². The third-order valence-corrected chi connectivity index (χ3v) is 3.96. The van der Waals surface area contributed by atoms with Crippen molar-refractivity contribution in [3.8, 4) is 0 Å². The number of nitro groups is 1. The van der Waals surface area contributed by atoms with Gasteiger partial charge in [-0.2, -0.15) is 0 Å². The van der Waals surface area contributed by atoms with Crippen LogP contribution >= 0.6 is 15.9 Å². The van der Waals surface area contributed by atoms with E-state index in [9.17, 15) is 10.1 Å². The molecular formula is C13H17BrN2O3. The predicted octanol–water partition coefficient (Wildman–Crippen LogP) is 2.87. The standard InChI is InChI=1S/C13H17BrN2O3/c14-13-11(2-1-3-12(13)16(17)18)8-15-6-7-19-9-10-4-5-10/h1-3,10,15H,4-9H2. The highest BCUT2D eigenvalue weighted by Crippen LogP contribution is 2.29. The van der Waals surface area contributed by atoms with Gasteiger partial charge in [-0.25, -0.2) is 0 Å². The molecule has 1 fully saturated rings. The van der Waals surface area contributed by atoms with Crippen molar-refractivity contribution >= 4 is 21.6 Å². The molecule has 1 N–H and O–H groups in total. The Kier molecular flexibility index (Phi) is 5.30. The number of benzene rings is 1. The molecule has 0 heterocycles. The maximum atomic E-state index is 10.8. The largest absolute Gasteiger partial charge is 0.380 e. The van der Waals surface area contributed by atoms with Gasteiger partial charge in [-0.05, 0) is 40.3 Å². The van der Waals surface area contributed by atoms with Crippen LogP contribution in [0.4, 0.5) is 5.69 Å². The molecule has 0 radical (unpaired) electrons. The van der Waals surface area contributed by atoms with Crippen LogP contribution in [-0.4, -0.2) is 24.7 Å². The number of nitro benzene ring substituents is 1. The van der Waals surface area contributed by atoms with Crippen LogP contribution in [0.3, 0.4) is 0 Å². The van der Waals surface area contributed by atoms with Crippen LogP contribution in [0.5, 0.6) is 0 Å². The van der Waals surface area contributed by atoms with Crippen molar-refractivity contribution in [2.24, 2.45) is 5.92 Å². The van der Waals surface area contributed by atoms with E-state index in [2.05, 4.69) is 21.2 Å². The summed E-state index contributed by atoms with van der Waals surface area (Å²) in [6.45, 7) is 2.89. The van der Waals surface area contributed by atoms with Gasteiger partial charge in [-0.1, -0.05) is 12.1 Å². The molecule has 1 saturated carbocycles. The van der Waals surface area contributed by atoms with Gasteiger partial charge in [-0.15, -0.1) is 0 Å². The number of nitrogens with zero attached hydrogens (tertiary/aromatic N) is 1. The van der Waals surface area contributed by atoms with Crippen molar-refractivity contribution in [1.29, 1.82) is 0 Å². The van der Waals surface area contributed by atoms with E-state index in [0.29, 0.717) is 17.6 Å². The van der Waals surface area contributed by atoms with Crippen LogP contribution in [0, 0.1) is 16.0 Å². The van der Waals surface area contributed by atoms with Gasteiger partial charge in [0.2, 0.25) is 0 Å². The number of rotatable bonds is 8. The van der Waals surface area contributed by atoms with Crippen LogP contribution < -0.4 is 5.32 Å². The second kappa shape index (κ2) is 6.98. The summed E-state index contributed by atoms with van der Waals surface area (Å²) in [6, 6.07) is 5.06. The second-order valence-electron chi connectivity index (χ2n) is 4.70. The number of hydrogen-bond donors (Lipinski definition) is 1. The Hall–Kier alpha value is -0.980. The van der Waals surface area contributed by atoms with Gasteiger partial charge in [0.25, 0.3) is 5.69 Å². The van der Waals surface area contributed by atoms with Crippen molar-refractivity contribution < 1.29 is 9.66 Å². The average Bonchev–Trinajstić information content (AvgIpc) is 3.19. The number of hydrogen-bond acceptors (Lipinski definition) is 4. The summed E-state index contributed by atoms with van der Waals surface area (Å²) in [7, 11) is 0. The lowest BCUT2D eigenvalue weighted by Crippen LogP contribution is -2.20. The molecule has 0 aliphatic heterocycles. The molecule has 0 atom stereocenters. The fourth-order valence-corrected chi connectivity index (χ4v) is 2.29. The first kappa shape index (κ1) is 14.4. The molecule has 0 spiro atoms. The van der Waals surface area contributed by atoms with Crippen molar-refractivity contribution in [3.63, 3.8) is 0 Å². The van der Waals surface area contributed by atoms with Gasteiger partial charge < -0.3 is 10.1 Å². The van der Waals surface area contributed by atoms with Gasteiger partial charge in [-0.3, -0.25) is 10.1 Å². The lowest BCUT2D eigenvalue weighted by atomic mass is 10.2. The summed E-state index contributed by atoms with van der Waals surface area (Å²) in [5.41, 5.74) is 0.987. The molecule has 0 amide bonds. The maximum absolute atomic E-state index is 10.8. The summed E-state index contributed by atoms with van der Waals surface area (Å²) in [5.74, 6) is 0.783. The highest BCUT2D eigenvalue weighted by molar-refractivity contribution is 9.10. The van der Waals surface area contributed by atoms with Gasteiger partial charge in [0.15, 0.2) is 0 Å². The quantitative estimate of drug-likeness (QED) is 0.452. The molecule has 0 saturated heterocycles. The van der Waals surface area contributed by atoms with E-state index >= 15 is 0 Å². The molecule has 0 bridgehead atoms. The molecule has 1 aromatic rings. The lowest BCUT2D eigenvalue weighted by Gasteiger charge is -2.07. The molecule has 1 aliphatic rings. The van der Waals surface area contributed by atoms with Gasteiger partial charge in [0.05, 0.1) is 16.0 Å². The fourth-order valence-electron chi connectivity index (χ4n) is 1.75. The normalized spacial score (nSPS) is 14.6. The van der Waals surface area contributed by atoms with Crippen LogP contribution in [0.25, 0.3) is 0 Å². The number of nitrogens with one attached hydrogen (secondary N) is 1. The molecule has 1 aliphatic carbocycles.